The number of ether oxygens (including phenoxy) is 1. The first-order valence-electron chi connectivity index (χ1n) is 12.4. The summed E-state index contributed by atoms with van der Waals surface area (Å²) in [6.07, 6.45) is 2.67. The fraction of sp³-hybridized carbons (Fsp3) is 0.400. The maximum absolute atomic E-state index is 14.0. The van der Waals surface area contributed by atoms with E-state index in [2.05, 4.69) is 10.3 Å². The van der Waals surface area contributed by atoms with Gasteiger partial charge in [-0.15, -0.1) is 9.19 Å². The van der Waals surface area contributed by atoms with Gasteiger partial charge in [0.05, 0.1) is 34.8 Å². The van der Waals surface area contributed by atoms with Gasteiger partial charge in [-0.2, -0.15) is 12.7 Å². The normalized spacial score (nSPS) is 22.6. The molecule has 39 heavy (non-hydrogen) atoms. The van der Waals surface area contributed by atoms with Crippen molar-refractivity contribution in [3.05, 3.63) is 72.3 Å². The Labute approximate surface area is 226 Å². The zero-order valence-corrected chi connectivity index (χ0v) is 22.8. The van der Waals surface area contributed by atoms with Crippen LogP contribution in [-0.4, -0.2) is 78.7 Å². The van der Waals surface area contributed by atoms with Crippen LogP contribution < -0.4 is 0 Å². The number of hydrogen-bond donors (Lipinski definition) is 0. The van der Waals surface area contributed by atoms with E-state index in [9.17, 15) is 26.0 Å². The lowest BCUT2D eigenvalue weighted by molar-refractivity contribution is -0.135. The topological polar surface area (TPSA) is 132 Å². The van der Waals surface area contributed by atoms with E-state index < -0.39 is 49.8 Å². The van der Waals surface area contributed by atoms with Gasteiger partial charge < -0.3 is 9.64 Å². The Morgan fingerprint density at radius 2 is 1.74 bits per heavy atom. The number of aromatic nitrogens is 3. The lowest BCUT2D eigenvalue weighted by Gasteiger charge is -2.40. The zero-order valence-electron chi connectivity index (χ0n) is 21.1. The molecule has 0 N–H and O–H groups in total. The maximum atomic E-state index is 14.0. The second kappa shape index (κ2) is 10.8. The molecule has 2 bridgehead atoms. The van der Waals surface area contributed by atoms with Crippen LogP contribution in [0.3, 0.4) is 0 Å². The molecule has 2 aliphatic heterocycles. The minimum atomic E-state index is -4.24. The molecule has 2 unspecified atom stereocenters. The molecule has 2 aromatic carbocycles. The van der Waals surface area contributed by atoms with E-state index in [0.29, 0.717) is 12.8 Å². The van der Waals surface area contributed by atoms with Crippen LogP contribution in [0.5, 0.6) is 0 Å². The van der Waals surface area contributed by atoms with E-state index in [0.717, 1.165) is 16.2 Å². The van der Waals surface area contributed by atoms with Gasteiger partial charge in [0.15, 0.2) is 0 Å². The predicted molar refractivity (Wildman–Crippen MR) is 137 cm³/mol. The van der Waals surface area contributed by atoms with Gasteiger partial charge >= 0.3 is 0 Å². The molecular weight excluding hydrogens is 549 g/mol. The third kappa shape index (κ3) is 5.09. The number of fused-ring (bicyclic) bond motifs is 2. The number of hydrogen-bond acceptors (Lipinski definition) is 8. The first-order chi connectivity index (χ1) is 18.6. The van der Waals surface area contributed by atoms with Crippen molar-refractivity contribution in [3.63, 3.8) is 0 Å². The minimum Gasteiger partial charge on any atom is -0.384 e. The first-order valence-corrected chi connectivity index (χ1v) is 15.3. The lowest BCUT2D eigenvalue weighted by atomic mass is 9.91. The minimum absolute atomic E-state index is 0.0134. The molecule has 0 radical (unpaired) electrons. The van der Waals surface area contributed by atoms with Crippen LogP contribution in [0.25, 0.3) is 0 Å². The van der Waals surface area contributed by atoms with Crippen LogP contribution in [0.15, 0.2) is 70.6 Å². The molecule has 5 rings (SSSR count). The second-order valence-electron chi connectivity index (χ2n) is 9.63. The number of sulfonamides is 1. The largest absolute Gasteiger partial charge is 0.384 e. The molecule has 3 aromatic rings. The number of rotatable bonds is 8. The van der Waals surface area contributed by atoms with Gasteiger partial charge in [-0.3, -0.25) is 4.79 Å². The summed E-state index contributed by atoms with van der Waals surface area (Å²) in [6.45, 7) is 0.130. The summed E-state index contributed by atoms with van der Waals surface area (Å²) in [6, 6.07) is 10.9. The van der Waals surface area contributed by atoms with Crippen LogP contribution in [0.1, 0.15) is 25.0 Å². The van der Waals surface area contributed by atoms with Gasteiger partial charge in [0, 0.05) is 25.6 Å². The molecular formula is C25H28FN5O6S2. The molecule has 2 fully saturated rings. The molecule has 3 atom stereocenters. The van der Waals surface area contributed by atoms with Crippen LogP contribution in [0.4, 0.5) is 4.39 Å². The lowest BCUT2D eigenvalue weighted by Crippen LogP contribution is -2.55. The summed E-state index contributed by atoms with van der Waals surface area (Å²) in [4.78, 5) is 15.2. The summed E-state index contributed by atoms with van der Waals surface area (Å²) in [5, 5.41) is 7.56. The van der Waals surface area contributed by atoms with E-state index in [1.165, 1.54) is 46.8 Å². The summed E-state index contributed by atoms with van der Waals surface area (Å²) in [7, 11) is -6.83. The molecule has 1 aromatic heterocycles. The van der Waals surface area contributed by atoms with E-state index in [4.69, 9.17) is 4.74 Å². The number of amides is 1. The number of carbonyl (C=O) groups excluding carboxylic acids is 1. The Morgan fingerprint density at radius 1 is 1.00 bits per heavy atom. The highest BCUT2D eigenvalue weighted by Crippen LogP contribution is 2.37. The Morgan fingerprint density at radius 3 is 2.46 bits per heavy atom. The van der Waals surface area contributed by atoms with Gasteiger partial charge in [-0.1, -0.05) is 29.5 Å². The molecule has 0 aliphatic carbocycles. The van der Waals surface area contributed by atoms with Gasteiger partial charge in [0.25, 0.3) is 10.0 Å². The molecule has 2 saturated heterocycles. The molecule has 1 amide bonds. The second-order valence-corrected chi connectivity index (χ2v) is 13.2. The highest BCUT2D eigenvalue weighted by Gasteiger charge is 2.50. The van der Waals surface area contributed by atoms with E-state index >= 15 is 0 Å². The van der Waals surface area contributed by atoms with Crippen LogP contribution in [0, 0.1) is 11.7 Å². The number of piperidine rings is 1. The fourth-order valence-corrected chi connectivity index (χ4v) is 8.61. The van der Waals surface area contributed by atoms with Crippen molar-refractivity contribution in [1.82, 2.24) is 23.6 Å². The SMILES string of the molecule is COC[C@H]1CN(Cc2cnnn2S(=O)(=O)c2ccccc2)C(=O)C2CCCC1N2S(=O)(=O)c1cccc(F)c1. The number of nitrogens with zero attached hydrogens (tertiary/aromatic N) is 5. The first kappa shape index (κ1) is 27.4. The van der Waals surface area contributed by atoms with E-state index in [1.54, 1.807) is 18.2 Å². The van der Waals surface area contributed by atoms with Crippen molar-refractivity contribution in [2.24, 2.45) is 5.92 Å². The zero-order chi connectivity index (χ0) is 27.8. The highest BCUT2D eigenvalue weighted by atomic mass is 32.2. The Kier molecular flexibility index (Phi) is 7.55. The van der Waals surface area contributed by atoms with Crippen molar-refractivity contribution in [1.29, 1.82) is 0 Å². The third-order valence-corrected chi connectivity index (χ3v) is 10.7. The summed E-state index contributed by atoms with van der Waals surface area (Å²) in [5.74, 6) is -1.58. The van der Waals surface area contributed by atoms with Gasteiger partial charge in [0.2, 0.25) is 15.9 Å². The highest BCUT2D eigenvalue weighted by molar-refractivity contribution is 7.90. The maximum Gasteiger partial charge on any atom is 0.284 e. The quantitative estimate of drug-likeness (QED) is 0.397. The molecule has 2 aliphatic rings. The van der Waals surface area contributed by atoms with Gasteiger partial charge in [-0.25, -0.2) is 12.8 Å². The average molecular weight is 578 g/mol. The van der Waals surface area contributed by atoms with Crippen LogP contribution >= 0.6 is 0 Å². The van der Waals surface area contributed by atoms with Crippen molar-refractivity contribution in [2.75, 3.05) is 20.3 Å². The fourth-order valence-electron chi connectivity index (χ4n) is 5.44. The van der Waals surface area contributed by atoms with E-state index in [1.807, 2.05) is 0 Å². The molecule has 3 heterocycles. The smallest absolute Gasteiger partial charge is 0.284 e. The molecule has 0 spiro atoms. The molecule has 14 heteroatoms. The average Bonchev–Trinajstić information content (AvgIpc) is 3.39. The van der Waals surface area contributed by atoms with Crippen molar-refractivity contribution in [3.8, 4) is 0 Å². The van der Waals surface area contributed by atoms with Gasteiger partial charge in [0.1, 0.15) is 11.9 Å². The Balaban J connectivity index is 1.52. The third-order valence-electron chi connectivity index (χ3n) is 7.17. The molecule has 208 valence electrons. The predicted octanol–water partition coefficient (Wildman–Crippen LogP) is 1.87. The number of benzene rings is 2. The van der Waals surface area contributed by atoms with Crippen molar-refractivity contribution in [2.45, 2.75) is 47.7 Å². The summed E-state index contributed by atoms with van der Waals surface area (Å²) in [5.41, 5.74) is 0.152. The number of carbonyl (C=O) groups is 1. The summed E-state index contributed by atoms with van der Waals surface area (Å²) >= 11 is 0. The number of methoxy groups -OCH3 is 1. The van der Waals surface area contributed by atoms with Crippen LogP contribution in [-0.2, 0) is 36.1 Å². The van der Waals surface area contributed by atoms with Crippen LogP contribution in [0.2, 0.25) is 0 Å². The van der Waals surface area contributed by atoms with E-state index in [-0.39, 0.29) is 41.6 Å². The standard InChI is InChI=1S/C25H28FN5O6S2/c1-37-17-18-15-29(16-20-14-27-28-31(20)39(35,36)21-8-3-2-4-9-21)25(32)24-12-6-11-23(18)30(24)38(33,34)22-10-5-7-19(26)13-22/h2-5,7-10,13-14,18,23-24H,6,11-12,15-17H2,1H3/t18-,23?,24?/m1/s1. The van der Waals surface area contributed by atoms with Crippen molar-refractivity contribution < 1.29 is 30.8 Å². The Hall–Kier alpha value is -3.20. The summed E-state index contributed by atoms with van der Waals surface area (Å²) < 4.78 is 75.5. The van der Waals surface area contributed by atoms with Crippen molar-refractivity contribution >= 4 is 26.0 Å². The Bertz CT molecular complexity index is 1560. The molecule has 0 saturated carbocycles. The molecule has 11 nitrogen and oxygen atoms in total. The number of halogens is 1. The monoisotopic (exact) mass is 577 g/mol. The van der Waals surface area contributed by atoms with Gasteiger partial charge in [-0.05, 0) is 49.6 Å².